The van der Waals surface area contributed by atoms with E-state index in [0.29, 0.717) is 0 Å². The van der Waals surface area contributed by atoms with Crippen molar-refractivity contribution in [3.05, 3.63) is 51.8 Å². The van der Waals surface area contributed by atoms with E-state index in [1.165, 1.54) is 11.3 Å². The smallest absolute Gasteiger partial charge is 0.0629 e. The van der Waals surface area contributed by atoms with Crippen LogP contribution >= 0.6 is 11.6 Å². The number of benzene rings is 1. The molecule has 0 fully saturated rings. The average Bonchev–Trinajstić information content (AvgIpc) is 2.57. The molecule has 1 heterocycles. The van der Waals surface area contributed by atoms with Crippen LogP contribution in [0.3, 0.4) is 0 Å². The number of aryl methyl sites for hydroxylation is 2. The largest absolute Gasteiger partial charge is 0.324 e. The maximum absolute atomic E-state index is 6.24. The highest BCUT2D eigenvalue weighted by molar-refractivity contribution is 6.30. The van der Waals surface area contributed by atoms with Crippen molar-refractivity contribution < 1.29 is 0 Å². The Morgan fingerprint density at radius 2 is 1.89 bits per heavy atom. The first-order valence-corrected chi connectivity index (χ1v) is 6.37. The lowest BCUT2D eigenvalue weighted by Crippen LogP contribution is -2.14. The zero-order valence-corrected chi connectivity index (χ0v) is 11.7. The van der Waals surface area contributed by atoms with Crippen molar-refractivity contribution in [2.45, 2.75) is 26.3 Å². The molecule has 1 aromatic carbocycles. The Hall–Kier alpha value is -1.32. The second-order valence-electron chi connectivity index (χ2n) is 4.64. The van der Waals surface area contributed by atoms with E-state index >= 15 is 0 Å². The summed E-state index contributed by atoms with van der Waals surface area (Å²) < 4.78 is 1.90. The molecule has 2 rings (SSSR count). The third kappa shape index (κ3) is 2.57. The van der Waals surface area contributed by atoms with E-state index < -0.39 is 0 Å². The first-order valence-electron chi connectivity index (χ1n) is 5.99. The topological polar surface area (TPSA) is 43.8 Å². The highest BCUT2D eigenvalue weighted by atomic mass is 35.5. The minimum Gasteiger partial charge on any atom is -0.324 e. The molecule has 0 radical (unpaired) electrons. The van der Waals surface area contributed by atoms with Crippen LogP contribution in [0.2, 0.25) is 5.02 Å². The summed E-state index contributed by atoms with van der Waals surface area (Å²) in [6, 6.07) is 7.69. The van der Waals surface area contributed by atoms with E-state index in [2.05, 4.69) is 12.0 Å². The molecule has 2 N–H and O–H groups in total. The van der Waals surface area contributed by atoms with Gasteiger partial charge in [0.15, 0.2) is 0 Å². The molecule has 0 amide bonds. The second-order valence-corrected chi connectivity index (χ2v) is 5.07. The van der Waals surface area contributed by atoms with Gasteiger partial charge in [-0.15, -0.1) is 0 Å². The molecule has 3 nitrogen and oxygen atoms in total. The van der Waals surface area contributed by atoms with Gasteiger partial charge in [0, 0.05) is 23.8 Å². The van der Waals surface area contributed by atoms with Crippen molar-refractivity contribution >= 4 is 11.6 Å². The number of nitrogens with zero attached hydrogens (tertiary/aromatic N) is 2. The first-order chi connectivity index (χ1) is 8.49. The fourth-order valence-corrected chi connectivity index (χ4v) is 2.29. The van der Waals surface area contributed by atoms with Crippen LogP contribution in [0.4, 0.5) is 0 Å². The molecule has 0 saturated carbocycles. The minimum atomic E-state index is -0.0242. The average molecular weight is 264 g/mol. The van der Waals surface area contributed by atoms with Gasteiger partial charge in [0.1, 0.15) is 0 Å². The number of hydrogen-bond acceptors (Lipinski definition) is 2. The van der Waals surface area contributed by atoms with E-state index in [0.717, 1.165) is 22.7 Å². The van der Waals surface area contributed by atoms with Crippen molar-refractivity contribution in [2.24, 2.45) is 12.8 Å². The van der Waals surface area contributed by atoms with Gasteiger partial charge in [-0.2, -0.15) is 5.10 Å². The van der Waals surface area contributed by atoms with E-state index in [1.807, 2.05) is 42.9 Å². The molecule has 0 spiro atoms. The van der Waals surface area contributed by atoms with Crippen molar-refractivity contribution in [2.75, 3.05) is 0 Å². The third-order valence-corrected chi connectivity index (χ3v) is 3.63. The van der Waals surface area contributed by atoms with Gasteiger partial charge in [-0.1, -0.05) is 23.7 Å². The Morgan fingerprint density at radius 1 is 1.28 bits per heavy atom. The van der Waals surface area contributed by atoms with Crippen molar-refractivity contribution in [3.63, 3.8) is 0 Å². The van der Waals surface area contributed by atoms with Crippen LogP contribution in [0, 0.1) is 13.8 Å². The summed E-state index contributed by atoms with van der Waals surface area (Å²) >= 11 is 5.88. The van der Waals surface area contributed by atoms with E-state index in [9.17, 15) is 0 Å². The van der Waals surface area contributed by atoms with Gasteiger partial charge in [0.05, 0.1) is 5.69 Å². The van der Waals surface area contributed by atoms with Crippen LogP contribution in [-0.2, 0) is 13.5 Å². The highest BCUT2D eigenvalue weighted by Crippen LogP contribution is 2.22. The zero-order chi connectivity index (χ0) is 13.3. The number of hydrogen-bond donors (Lipinski definition) is 1. The standard InChI is InChI=1S/C14H18ClN3/c1-9-13(10(2)18(3)17-9)8-14(16)11-4-6-12(15)7-5-11/h4-7,14H,8,16H2,1-3H3. The molecule has 1 atom stereocenters. The Morgan fingerprint density at radius 3 is 2.39 bits per heavy atom. The molecule has 0 aliphatic rings. The summed E-state index contributed by atoms with van der Waals surface area (Å²) in [5.41, 5.74) is 10.8. The Balaban J connectivity index is 2.21. The van der Waals surface area contributed by atoms with Crippen molar-refractivity contribution in [1.29, 1.82) is 0 Å². The molecule has 0 bridgehead atoms. The minimum absolute atomic E-state index is 0.0242. The molecule has 0 aliphatic carbocycles. The Kier molecular flexibility index (Phi) is 3.73. The summed E-state index contributed by atoms with van der Waals surface area (Å²) in [4.78, 5) is 0. The fourth-order valence-electron chi connectivity index (χ4n) is 2.16. The number of aromatic nitrogens is 2. The molecule has 2 aromatic rings. The van der Waals surface area contributed by atoms with Crippen LogP contribution in [0.15, 0.2) is 24.3 Å². The lowest BCUT2D eigenvalue weighted by atomic mass is 9.98. The molecule has 0 aliphatic heterocycles. The summed E-state index contributed by atoms with van der Waals surface area (Å²) in [5.74, 6) is 0. The molecule has 96 valence electrons. The van der Waals surface area contributed by atoms with E-state index in [1.54, 1.807) is 0 Å². The van der Waals surface area contributed by atoms with Gasteiger partial charge >= 0.3 is 0 Å². The summed E-state index contributed by atoms with van der Waals surface area (Å²) in [6.45, 7) is 4.10. The zero-order valence-electron chi connectivity index (χ0n) is 10.9. The lowest BCUT2D eigenvalue weighted by Gasteiger charge is -2.12. The lowest BCUT2D eigenvalue weighted by molar-refractivity contribution is 0.707. The third-order valence-electron chi connectivity index (χ3n) is 3.38. The normalized spacial score (nSPS) is 12.7. The van der Waals surface area contributed by atoms with Crippen molar-refractivity contribution in [1.82, 2.24) is 9.78 Å². The first kappa shape index (κ1) is 13.1. The SMILES string of the molecule is Cc1nn(C)c(C)c1CC(N)c1ccc(Cl)cc1. The molecular formula is C14H18ClN3. The van der Waals surface area contributed by atoms with Crippen LogP contribution in [0.25, 0.3) is 0 Å². The summed E-state index contributed by atoms with van der Waals surface area (Å²) in [7, 11) is 1.96. The van der Waals surface area contributed by atoms with E-state index in [-0.39, 0.29) is 6.04 Å². The van der Waals surface area contributed by atoms with Gasteiger partial charge in [-0.25, -0.2) is 0 Å². The Bertz CT molecular complexity index is 543. The number of rotatable bonds is 3. The maximum Gasteiger partial charge on any atom is 0.0629 e. The number of nitrogens with two attached hydrogens (primary N) is 1. The quantitative estimate of drug-likeness (QED) is 0.925. The predicted molar refractivity (Wildman–Crippen MR) is 74.8 cm³/mol. The summed E-state index contributed by atoms with van der Waals surface area (Å²) in [5, 5.41) is 5.15. The molecular weight excluding hydrogens is 246 g/mol. The summed E-state index contributed by atoms with van der Waals surface area (Å²) in [6.07, 6.45) is 0.799. The van der Waals surface area contributed by atoms with Crippen molar-refractivity contribution in [3.8, 4) is 0 Å². The van der Waals surface area contributed by atoms with Gasteiger partial charge in [0.25, 0.3) is 0 Å². The van der Waals surface area contributed by atoms with E-state index in [4.69, 9.17) is 17.3 Å². The molecule has 1 aromatic heterocycles. The molecule has 0 saturated heterocycles. The molecule has 1 unspecified atom stereocenters. The van der Waals surface area contributed by atoms with Gasteiger partial charge in [-0.05, 0) is 43.5 Å². The monoisotopic (exact) mass is 263 g/mol. The molecule has 18 heavy (non-hydrogen) atoms. The second kappa shape index (κ2) is 5.12. The van der Waals surface area contributed by atoms with Gasteiger partial charge in [0.2, 0.25) is 0 Å². The van der Waals surface area contributed by atoms with Gasteiger partial charge < -0.3 is 5.73 Å². The maximum atomic E-state index is 6.24. The van der Waals surface area contributed by atoms with Crippen LogP contribution in [-0.4, -0.2) is 9.78 Å². The fraction of sp³-hybridized carbons (Fsp3) is 0.357. The highest BCUT2D eigenvalue weighted by Gasteiger charge is 2.14. The van der Waals surface area contributed by atoms with Crippen LogP contribution in [0.5, 0.6) is 0 Å². The van der Waals surface area contributed by atoms with Crippen LogP contribution in [0.1, 0.15) is 28.6 Å². The molecule has 4 heteroatoms. The Labute approximate surface area is 113 Å². The van der Waals surface area contributed by atoms with Gasteiger partial charge in [-0.3, -0.25) is 4.68 Å². The number of halogens is 1. The van der Waals surface area contributed by atoms with Crippen LogP contribution < -0.4 is 5.73 Å². The predicted octanol–water partition coefficient (Wildman–Crippen LogP) is 2.93.